The molecule has 0 bridgehead atoms. The number of benzene rings is 1. The molecule has 0 heterocycles. The van der Waals surface area contributed by atoms with E-state index in [0.29, 0.717) is 5.56 Å². The van der Waals surface area contributed by atoms with Crippen molar-refractivity contribution in [3.8, 4) is 0 Å². The molecule has 5 N–H and O–H groups in total. The summed E-state index contributed by atoms with van der Waals surface area (Å²) >= 11 is 0. The molecule has 0 saturated heterocycles. The second kappa shape index (κ2) is 3.72. The average molecular weight is 184 g/mol. The third-order valence-corrected chi connectivity index (χ3v) is 1.92. The van der Waals surface area contributed by atoms with Crippen LogP contribution in [0.25, 0.3) is 0 Å². The highest BCUT2D eigenvalue weighted by Gasteiger charge is 2.12. The smallest absolute Gasteiger partial charge is 0.146 e. The predicted molar refractivity (Wildman–Crippen MR) is 49.4 cm³/mol. The van der Waals surface area contributed by atoms with E-state index >= 15 is 0 Å². The van der Waals surface area contributed by atoms with E-state index in [1.165, 1.54) is 18.2 Å². The number of nitrogens with two attached hydrogens (primary N) is 2. The van der Waals surface area contributed by atoms with E-state index in [2.05, 4.69) is 0 Å². The van der Waals surface area contributed by atoms with Crippen molar-refractivity contribution >= 4 is 5.69 Å². The quantitative estimate of drug-likeness (QED) is 0.595. The van der Waals surface area contributed by atoms with Gasteiger partial charge in [-0.05, 0) is 24.6 Å². The summed E-state index contributed by atoms with van der Waals surface area (Å²) in [6, 6.07) is 3.67. The van der Waals surface area contributed by atoms with E-state index in [9.17, 15) is 9.50 Å². The highest BCUT2D eigenvalue weighted by Crippen LogP contribution is 2.19. The number of hydrogen-bond donors (Lipinski definition) is 3. The van der Waals surface area contributed by atoms with Gasteiger partial charge in [0.05, 0.1) is 17.8 Å². The molecule has 0 aliphatic carbocycles. The molecular formula is C9H13FN2O. The largest absolute Gasteiger partial charge is 0.396 e. The maximum Gasteiger partial charge on any atom is 0.146 e. The highest BCUT2D eigenvalue weighted by molar-refractivity contribution is 5.43. The van der Waals surface area contributed by atoms with Gasteiger partial charge >= 0.3 is 0 Å². The number of anilines is 1. The molecule has 0 saturated carbocycles. The third-order valence-electron chi connectivity index (χ3n) is 1.92. The summed E-state index contributed by atoms with van der Waals surface area (Å²) in [5, 5.41) is 9.17. The van der Waals surface area contributed by atoms with Crippen molar-refractivity contribution in [1.82, 2.24) is 0 Å². The minimum absolute atomic E-state index is 0.0496. The topological polar surface area (TPSA) is 72.3 Å². The molecule has 0 aliphatic rings. The fourth-order valence-electron chi connectivity index (χ4n) is 1.05. The summed E-state index contributed by atoms with van der Waals surface area (Å²) in [4.78, 5) is 0. The van der Waals surface area contributed by atoms with Crippen molar-refractivity contribution in [3.63, 3.8) is 0 Å². The number of halogens is 1. The predicted octanol–water partition coefficient (Wildman–Crippen LogP) is 0.789. The van der Waals surface area contributed by atoms with E-state index in [1.54, 1.807) is 6.92 Å². The lowest BCUT2D eigenvalue weighted by molar-refractivity contribution is 0.164. The Morgan fingerprint density at radius 3 is 2.54 bits per heavy atom. The highest BCUT2D eigenvalue weighted by atomic mass is 19.1. The van der Waals surface area contributed by atoms with Crippen LogP contribution in [0.4, 0.5) is 10.1 Å². The molecule has 1 rings (SSSR count). The second-order valence-corrected chi connectivity index (χ2v) is 3.05. The summed E-state index contributed by atoms with van der Waals surface area (Å²) in [6.07, 6.45) is -0.676. The van der Waals surface area contributed by atoms with Crippen LogP contribution >= 0.6 is 0 Å². The minimum atomic E-state index is -0.676. The maximum atomic E-state index is 12.7. The van der Waals surface area contributed by atoms with Gasteiger partial charge in [-0.2, -0.15) is 0 Å². The van der Waals surface area contributed by atoms with Gasteiger partial charge in [-0.15, -0.1) is 0 Å². The second-order valence-electron chi connectivity index (χ2n) is 3.05. The number of nitrogen functional groups attached to an aromatic ring is 1. The van der Waals surface area contributed by atoms with Crippen LogP contribution < -0.4 is 11.5 Å². The lowest BCUT2D eigenvalue weighted by atomic mass is 10.0. The van der Waals surface area contributed by atoms with Crippen molar-refractivity contribution < 1.29 is 9.50 Å². The standard InChI is InChI=1S/C9H13FN2O/c1-5(13)9(12)6-2-3-7(10)8(11)4-6/h2-5,9,13H,11-12H2,1H3/t5-,9-/m0/s1. The lowest BCUT2D eigenvalue weighted by Crippen LogP contribution is -2.23. The molecule has 13 heavy (non-hydrogen) atoms. The van der Waals surface area contributed by atoms with E-state index in [4.69, 9.17) is 11.5 Å². The first-order valence-electron chi connectivity index (χ1n) is 4.01. The van der Waals surface area contributed by atoms with E-state index < -0.39 is 18.0 Å². The van der Waals surface area contributed by atoms with Crippen molar-refractivity contribution in [2.75, 3.05) is 5.73 Å². The zero-order valence-electron chi connectivity index (χ0n) is 7.37. The van der Waals surface area contributed by atoms with Crippen LogP contribution in [0.5, 0.6) is 0 Å². The molecule has 0 amide bonds. The first-order valence-corrected chi connectivity index (χ1v) is 4.01. The Bertz CT molecular complexity index is 302. The summed E-state index contributed by atoms with van der Waals surface area (Å²) in [6.45, 7) is 1.57. The average Bonchev–Trinajstić information content (AvgIpc) is 2.08. The fourth-order valence-corrected chi connectivity index (χ4v) is 1.05. The van der Waals surface area contributed by atoms with E-state index in [-0.39, 0.29) is 5.69 Å². The monoisotopic (exact) mass is 184 g/mol. The Morgan fingerprint density at radius 1 is 1.46 bits per heavy atom. The fraction of sp³-hybridized carbons (Fsp3) is 0.333. The third kappa shape index (κ3) is 2.17. The van der Waals surface area contributed by atoms with Gasteiger partial charge in [0.2, 0.25) is 0 Å². The molecule has 1 aromatic carbocycles. The van der Waals surface area contributed by atoms with Gasteiger partial charge in [-0.1, -0.05) is 6.07 Å². The van der Waals surface area contributed by atoms with Gasteiger partial charge in [-0.3, -0.25) is 0 Å². The summed E-state index contributed by atoms with van der Waals surface area (Å²) in [5.74, 6) is -0.471. The SMILES string of the molecule is C[C@H](O)[C@H](N)c1ccc(F)c(N)c1. The lowest BCUT2D eigenvalue weighted by Gasteiger charge is -2.15. The first kappa shape index (κ1) is 9.95. The first-order chi connectivity index (χ1) is 6.02. The van der Waals surface area contributed by atoms with Crippen molar-refractivity contribution in [3.05, 3.63) is 29.6 Å². The van der Waals surface area contributed by atoms with Crippen LogP contribution in [0.1, 0.15) is 18.5 Å². The van der Waals surface area contributed by atoms with Crippen LogP contribution in [0.15, 0.2) is 18.2 Å². The molecule has 1 aromatic rings. The molecule has 0 spiro atoms. The summed E-state index contributed by atoms with van der Waals surface area (Å²) in [7, 11) is 0. The van der Waals surface area contributed by atoms with Gasteiger partial charge in [-0.25, -0.2) is 4.39 Å². The van der Waals surface area contributed by atoms with Crippen molar-refractivity contribution in [2.24, 2.45) is 5.73 Å². The molecule has 0 aromatic heterocycles. The van der Waals surface area contributed by atoms with Crippen molar-refractivity contribution in [1.29, 1.82) is 0 Å². The summed E-state index contributed by atoms with van der Waals surface area (Å²) in [5.41, 5.74) is 11.7. The number of aliphatic hydroxyl groups excluding tert-OH is 1. The molecule has 0 fully saturated rings. The molecule has 0 radical (unpaired) electrons. The van der Waals surface area contributed by atoms with Crippen LogP contribution in [0, 0.1) is 5.82 Å². The normalized spacial score (nSPS) is 15.4. The zero-order chi connectivity index (χ0) is 10.0. The van der Waals surface area contributed by atoms with Crippen LogP contribution in [0.3, 0.4) is 0 Å². The zero-order valence-corrected chi connectivity index (χ0v) is 7.37. The Kier molecular flexibility index (Phi) is 2.85. The molecule has 0 unspecified atom stereocenters. The number of hydrogen-bond acceptors (Lipinski definition) is 3. The van der Waals surface area contributed by atoms with Gasteiger partial charge in [0.25, 0.3) is 0 Å². The van der Waals surface area contributed by atoms with Crippen molar-refractivity contribution in [2.45, 2.75) is 19.1 Å². The van der Waals surface area contributed by atoms with Crippen LogP contribution in [-0.4, -0.2) is 11.2 Å². The number of aliphatic hydroxyl groups is 1. The Hall–Kier alpha value is -1.13. The van der Waals surface area contributed by atoms with Gasteiger partial charge in [0, 0.05) is 0 Å². The van der Waals surface area contributed by atoms with Gasteiger partial charge in [0.15, 0.2) is 0 Å². The Labute approximate surface area is 76.2 Å². The number of rotatable bonds is 2. The van der Waals surface area contributed by atoms with E-state index in [1.807, 2.05) is 0 Å². The molecule has 3 nitrogen and oxygen atoms in total. The van der Waals surface area contributed by atoms with Gasteiger partial charge in [0.1, 0.15) is 5.82 Å². The van der Waals surface area contributed by atoms with Gasteiger partial charge < -0.3 is 16.6 Å². The van der Waals surface area contributed by atoms with Crippen LogP contribution in [-0.2, 0) is 0 Å². The molecule has 72 valence electrons. The molecule has 4 heteroatoms. The maximum absolute atomic E-state index is 12.7. The summed E-state index contributed by atoms with van der Waals surface area (Å²) < 4.78 is 12.7. The minimum Gasteiger partial charge on any atom is -0.396 e. The van der Waals surface area contributed by atoms with Crippen LogP contribution in [0.2, 0.25) is 0 Å². The van der Waals surface area contributed by atoms with E-state index in [0.717, 1.165) is 0 Å². The molecule has 2 atom stereocenters. The molecule has 0 aliphatic heterocycles. The Balaban J connectivity index is 2.97. The molecular weight excluding hydrogens is 171 g/mol. The Morgan fingerprint density at radius 2 is 2.08 bits per heavy atom.